The third-order valence-corrected chi connectivity index (χ3v) is 4.85. The van der Waals surface area contributed by atoms with Crippen molar-refractivity contribution >= 4 is 0 Å². The lowest BCUT2D eigenvalue weighted by Crippen LogP contribution is -2.60. The van der Waals surface area contributed by atoms with E-state index in [2.05, 4.69) is 30.6 Å². The molecule has 1 saturated carbocycles. The predicted molar refractivity (Wildman–Crippen MR) is 82.3 cm³/mol. The van der Waals surface area contributed by atoms with Gasteiger partial charge in [-0.1, -0.05) is 20.8 Å². The molecule has 2 rings (SSSR count). The van der Waals surface area contributed by atoms with E-state index in [1.54, 1.807) is 0 Å². The highest BCUT2D eigenvalue weighted by Crippen LogP contribution is 2.38. The summed E-state index contributed by atoms with van der Waals surface area (Å²) in [6.45, 7) is 12.7. The van der Waals surface area contributed by atoms with Gasteiger partial charge in [-0.2, -0.15) is 0 Å². The fraction of sp³-hybridized carbons (Fsp3) is 1.00. The molecular weight excluding hydrogens is 234 g/mol. The van der Waals surface area contributed by atoms with Gasteiger partial charge < -0.3 is 10.6 Å². The van der Waals surface area contributed by atoms with Gasteiger partial charge in [-0.05, 0) is 57.7 Å². The Bertz CT molecular complexity index is 265. The molecule has 0 spiro atoms. The summed E-state index contributed by atoms with van der Waals surface area (Å²) < 4.78 is 0. The summed E-state index contributed by atoms with van der Waals surface area (Å²) >= 11 is 0. The molecule has 0 unspecified atom stereocenters. The van der Waals surface area contributed by atoms with E-state index in [1.807, 2.05) is 0 Å². The summed E-state index contributed by atoms with van der Waals surface area (Å²) in [5.74, 6) is 0.778. The molecule has 112 valence electrons. The van der Waals surface area contributed by atoms with Gasteiger partial charge in [0.2, 0.25) is 0 Å². The number of rotatable bonds is 7. The van der Waals surface area contributed by atoms with E-state index in [-0.39, 0.29) is 0 Å². The Morgan fingerprint density at radius 1 is 1.26 bits per heavy atom. The molecule has 19 heavy (non-hydrogen) atoms. The van der Waals surface area contributed by atoms with Crippen LogP contribution in [0.5, 0.6) is 0 Å². The molecule has 2 fully saturated rings. The molecule has 0 amide bonds. The topological polar surface area (TPSA) is 32.5 Å². The van der Waals surface area contributed by atoms with Crippen molar-refractivity contribution in [3.63, 3.8) is 0 Å². The highest BCUT2D eigenvalue weighted by atomic mass is 15.3. The maximum Gasteiger partial charge on any atom is 0.0358 e. The van der Waals surface area contributed by atoms with Crippen LogP contribution in [0.2, 0.25) is 0 Å². The first-order valence-corrected chi connectivity index (χ1v) is 8.30. The van der Waals surface area contributed by atoms with Gasteiger partial charge in [-0.3, -0.25) is 4.90 Å². The van der Waals surface area contributed by atoms with Crippen LogP contribution in [-0.4, -0.2) is 54.1 Å². The third kappa shape index (κ3) is 3.71. The second-order valence-corrected chi connectivity index (χ2v) is 7.05. The fourth-order valence-corrected chi connectivity index (χ4v) is 3.71. The maximum absolute atomic E-state index is 6.22. The number of piperidine rings is 1. The van der Waals surface area contributed by atoms with Gasteiger partial charge in [-0.15, -0.1) is 0 Å². The number of likely N-dealkylation sites (tertiary alicyclic amines) is 1. The zero-order valence-corrected chi connectivity index (χ0v) is 13.2. The normalized spacial score (nSPS) is 24.3. The van der Waals surface area contributed by atoms with Crippen molar-refractivity contribution in [3.05, 3.63) is 0 Å². The van der Waals surface area contributed by atoms with Crippen molar-refractivity contribution in [2.45, 2.75) is 64.5 Å². The molecule has 0 atom stereocenters. The standard InChI is InChI=1S/C16H33N3/c1-4-9-19(15-5-6-15)16(13-17)7-10-18(11-8-16)12-14(2)3/h14-15H,4-13,17H2,1-3H3. The number of nitrogens with zero attached hydrogens (tertiary/aromatic N) is 2. The SMILES string of the molecule is CCCN(C1CC1)C1(CN)CCN(CC(C)C)CC1. The van der Waals surface area contributed by atoms with Gasteiger partial charge in [0.25, 0.3) is 0 Å². The van der Waals surface area contributed by atoms with Crippen molar-refractivity contribution < 1.29 is 0 Å². The van der Waals surface area contributed by atoms with E-state index in [0.29, 0.717) is 5.54 Å². The summed E-state index contributed by atoms with van der Waals surface area (Å²) in [6.07, 6.45) is 6.60. The Balaban J connectivity index is 1.95. The van der Waals surface area contributed by atoms with Crippen LogP contribution in [-0.2, 0) is 0 Å². The van der Waals surface area contributed by atoms with Crippen LogP contribution in [0.15, 0.2) is 0 Å². The van der Waals surface area contributed by atoms with Gasteiger partial charge in [-0.25, -0.2) is 0 Å². The molecule has 0 aromatic carbocycles. The van der Waals surface area contributed by atoms with Gasteiger partial charge in [0.05, 0.1) is 0 Å². The Morgan fingerprint density at radius 3 is 2.32 bits per heavy atom. The van der Waals surface area contributed by atoms with E-state index in [9.17, 15) is 0 Å². The smallest absolute Gasteiger partial charge is 0.0358 e. The summed E-state index contributed by atoms with van der Waals surface area (Å²) in [7, 11) is 0. The predicted octanol–water partition coefficient (Wildman–Crippen LogP) is 2.31. The Morgan fingerprint density at radius 2 is 1.89 bits per heavy atom. The highest BCUT2D eigenvalue weighted by molar-refractivity contribution is 5.01. The molecular formula is C16H33N3. The second kappa shape index (κ2) is 6.55. The molecule has 1 aliphatic carbocycles. The maximum atomic E-state index is 6.22. The Labute approximate surface area is 119 Å². The first kappa shape index (κ1) is 15.3. The summed E-state index contributed by atoms with van der Waals surface area (Å²) in [6, 6.07) is 0.847. The highest BCUT2D eigenvalue weighted by Gasteiger charge is 2.44. The van der Waals surface area contributed by atoms with Gasteiger partial charge >= 0.3 is 0 Å². The largest absolute Gasteiger partial charge is 0.329 e. The van der Waals surface area contributed by atoms with Crippen LogP contribution < -0.4 is 5.73 Å². The van der Waals surface area contributed by atoms with Crippen molar-refractivity contribution in [2.24, 2.45) is 11.7 Å². The van der Waals surface area contributed by atoms with E-state index in [0.717, 1.165) is 18.5 Å². The molecule has 0 bridgehead atoms. The molecule has 3 heteroatoms. The van der Waals surface area contributed by atoms with E-state index >= 15 is 0 Å². The molecule has 0 radical (unpaired) electrons. The molecule has 1 heterocycles. The van der Waals surface area contributed by atoms with Crippen molar-refractivity contribution in [2.75, 3.05) is 32.7 Å². The molecule has 2 aliphatic rings. The van der Waals surface area contributed by atoms with E-state index in [1.165, 1.54) is 58.3 Å². The van der Waals surface area contributed by atoms with Crippen molar-refractivity contribution in [1.29, 1.82) is 0 Å². The fourth-order valence-electron chi connectivity index (χ4n) is 3.71. The minimum Gasteiger partial charge on any atom is -0.329 e. The average molecular weight is 267 g/mol. The zero-order valence-electron chi connectivity index (χ0n) is 13.2. The van der Waals surface area contributed by atoms with Crippen LogP contribution in [0.1, 0.15) is 52.9 Å². The lowest BCUT2D eigenvalue weighted by atomic mass is 9.84. The molecule has 0 aromatic heterocycles. The van der Waals surface area contributed by atoms with E-state index in [4.69, 9.17) is 5.73 Å². The quantitative estimate of drug-likeness (QED) is 0.768. The minimum atomic E-state index is 0.310. The Hall–Kier alpha value is -0.120. The first-order chi connectivity index (χ1) is 9.11. The summed E-state index contributed by atoms with van der Waals surface area (Å²) in [5.41, 5.74) is 6.53. The van der Waals surface area contributed by atoms with Crippen molar-refractivity contribution in [3.8, 4) is 0 Å². The van der Waals surface area contributed by atoms with E-state index < -0.39 is 0 Å². The van der Waals surface area contributed by atoms with Gasteiger partial charge in [0.15, 0.2) is 0 Å². The Kier molecular flexibility index (Phi) is 5.27. The number of hydrogen-bond donors (Lipinski definition) is 1. The van der Waals surface area contributed by atoms with Crippen LogP contribution in [0, 0.1) is 5.92 Å². The number of nitrogens with two attached hydrogens (primary N) is 1. The summed E-state index contributed by atoms with van der Waals surface area (Å²) in [4.78, 5) is 5.41. The lowest BCUT2D eigenvalue weighted by Gasteiger charge is -2.49. The first-order valence-electron chi connectivity index (χ1n) is 8.30. The second-order valence-electron chi connectivity index (χ2n) is 7.05. The van der Waals surface area contributed by atoms with Crippen LogP contribution in [0.3, 0.4) is 0 Å². The number of hydrogen-bond acceptors (Lipinski definition) is 3. The lowest BCUT2D eigenvalue weighted by molar-refractivity contribution is 0.0175. The van der Waals surface area contributed by atoms with Crippen LogP contribution >= 0.6 is 0 Å². The van der Waals surface area contributed by atoms with Gasteiger partial charge in [0.1, 0.15) is 0 Å². The van der Waals surface area contributed by atoms with Crippen LogP contribution in [0.4, 0.5) is 0 Å². The van der Waals surface area contributed by atoms with Crippen molar-refractivity contribution in [1.82, 2.24) is 9.80 Å². The summed E-state index contributed by atoms with van der Waals surface area (Å²) in [5, 5.41) is 0. The average Bonchev–Trinajstić information content (AvgIpc) is 3.21. The molecule has 1 saturated heterocycles. The third-order valence-electron chi connectivity index (χ3n) is 4.85. The minimum absolute atomic E-state index is 0.310. The molecule has 3 nitrogen and oxygen atoms in total. The molecule has 2 N–H and O–H groups in total. The van der Waals surface area contributed by atoms with Gasteiger partial charge in [0, 0.05) is 24.7 Å². The monoisotopic (exact) mass is 267 g/mol. The van der Waals surface area contributed by atoms with Crippen LogP contribution in [0.25, 0.3) is 0 Å². The molecule has 1 aliphatic heterocycles. The zero-order chi connectivity index (χ0) is 13.9. The molecule has 0 aromatic rings.